The van der Waals surface area contributed by atoms with Crippen LogP contribution in [0.15, 0.2) is 23.1 Å². The van der Waals surface area contributed by atoms with E-state index in [1.807, 2.05) is 0 Å². The molecule has 2 rings (SSSR count). The molecule has 158 valence electrons. The number of aryl methyl sites for hydroxylation is 1. The van der Waals surface area contributed by atoms with E-state index in [9.17, 15) is 13.2 Å². The van der Waals surface area contributed by atoms with Gasteiger partial charge in [0, 0.05) is 52.7 Å². The summed E-state index contributed by atoms with van der Waals surface area (Å²) in [6.07, 6.45) is 1.01. The van der Waals surface area contributed by atoms with Crippen molar-refractivity contribution < 1.29 is 13.2 Å². The first kappa shape index (κ1) is 23.1. The number of piperazine rings is 1. The van der Waals surface area contributed by atoms with E-state index in [4.69, 9.17) is 11.6 Å². The summed E-state index contributed by atoms with van der Waals surface area (Å²) >= 11 is 6.15. The van der Waals surface area contributed by atoms with Gasteiger partial charge in [0.2, 0.25) is 15.9 Å². The Kier molecular flexibility index (Phi) is 8.70. The monoisotopic (exact) mass is 430 g/mol. The highest BCUT2D eigenvalue weighted by atomic mass is 35.5. The molecule has 1 saturated heterocycles. The molecule has 1 aliphatic heterocycles. The molecule has 0 unspecified atom stereocenters. The third-order valence-corrected chi connectivity index (χ3v) is 7.58. The molecule has 0 atom stereocenters. The number of likely N-dealkylation sites (N-methyl/N-ethyl adjacent to an activating group) is 1. The minimum atomic E-state index is -3.72. The Bertz CT molecular complexity index is 764. The van der Waals surface area contributed by atoms with E-state index < -0.39 is 10.0 Å². The van der Waals surface area contributed by atoms with Crippen molar-refractivity contribution in [1.82, 2.24) is 19.4 Å². The lowest BCUT2D eigenvalue weighted by atomic mass is 10.2. The summed E-state index contributed by atoms with van der Waals surface area (Å²) in [5.74, 6) is -0.143. The molecule has 1 fully saturated rings. The maximum atomic E-state index is 12.7. The first-order chi connectivity index (χ1) is 13.2. The molecule has 28 heavy (non-hydrogen) atoms. The molecule has 0 aromatic heterocycles. The van der Waals surface area contributed by atoms with E-state index in [1.54, 1.807) is 19.1 Å². The molecule has 0 spiro atoms. The van der Waals surface area contributed by atoms with Gasteiger partial charge in [0.15, 0.2) is 0 Å². The SMILES string of the molecule is Cc1cccc(S(=O)(=O)N(C)CCC(=O)NCCCN2CCN(C)CC2)c1Cl. The molecule has 1 amide bonds. The number of halogens is 1. The van der Waals surface area contributed by atoms with Crippen LogP contribution in [0.1, 0.15) is 18.4 Å². The van der Waals surface area contributed by atoms with Gasteiger partial charge in [-0.25, -0.2) is 12.7 Å². The number of benzene rings is 1. The van der Waals surface area contributed by atoms with Crippen molar-refractivity contribution in [2.75, 3.05) is 59.9 Å². The first-order valence-corrected chi connectivity index (χ1v) is 11.4. The van der Waals surface area contributed by atoms with E-state index in [0.717, 1.165) is 39.1 Å². The zero-order valence-corrected chi connectivity index (χ0v) is 18.5. The fraction of sp³-hybridized carbons (Fsp3) is 0.632. The van der Waals surface area contributed by atoms with E-state index in [1.165, 1.54) is 17.4 Å². The maximum absolute atomic E-state index is 12.7. The standard InChI is InChI=1S/C19H31ClN4O3S/c1-16-6-4-7-17(19(16)20)28(26,27)23(3)11-8-18(25)21-9-5-10-24-14-12-22(2)13-15-24/h4,6-7H,5,8-15H2,1-3H3,(H,21,25). The lowest BCUT2D eigenvalue weighted by Crippen LogP contribution is -2.45. The third-order valence-electron chi connectivity index (χ3n) is 5.07. The van der Waals surface area contributed by atoms with E-state index in [2.05, 4.69) is 22.2 Å². The van der Waals surface area contributed by atoms with Gasteiger partial charge in [-0.2, -0.15) is 0 Å². The van der Waals surface area contributed by atoms with Crippen LogP contribution in [0.4, 0.5) is 0 Å². The lowest BCUT2D eigenvalue weighted by Gasteiger charge is -2.32. The highest BCUT2D eigenvalue weighted by molar-refractivity contribution is 7.89. The average Bonchev–Trinajstić information content (AvgIpc) is 2.66. The van der Waals surface area contributed by atoms with Crippen molar-refractivity contribution in [1.29, 1.82) is 0 Å². The summed E-state index contributed by atoms with van der Waals surface area (Å²) in [5, 5.41) is 3.10. The van der Waals surface area contributed by atoms with E-state index >= 15 is 0 Å². The van der Waals surface area contributed by atoms with Gasteiger partial charge in [0.25, 0.3) is 0 Å². The summed E-state index contributed by atoms with van der Waals surface area (Å²) in [5.41, 5.74) is 0.703. The van der Waals surface area contributed by atoms with E-state index in [-0.39, 0.29) is 28.8 Å². The Morgan fingerprint density at radius 2 is 1.93 bits per heavy atom. The quantitative estimate of drug-likeness (QED) is 0.600. The van der Waals surface area contributed by atoms with Gasteiger partial charge in [-0.15, -0.1) is 0 Å². The van der Waals surface area contributed by atoms with Crippen LogP contribution < -0.4 is 5.32 Å². The molecule has 0 bridgehead atoms. The van der Waals surface area contributed by atoms with Gasteiger partial charge in [-0.1, -0.05) is 23.7 Å². The Balaban J connectivity index is 1.72. The van der Waals surface area contributed by atoms with Crippen molar-refractivity contribution in [3.8, 4) is 0 Å². The number of hydrogen-bond donors (Lipinski definition) is 1. The first-order valence-electron chi connectivity index (χ1n) is 9.61. The molecule has 0 radical (unpaired) electrons. The van der Waals surface area contributed by atoms with Crippen LogP contribution in [0.2, 0.25) is 5.02 Å². The van der Waals surface area contributed by atoms with Crippen molar-refractivity contribution in [2.24, 2.45) is 0 Å². The van der Waals surface area contributed by atoms with Gasteiger partial charge in [0.1, 0.15) is 4.90 Å². The second kappa shape index (κ2) is 10.5. The lowest BCUT2D eigenvalue weighted by molar-refractivity contribution is -0.121. The van der Waals surface area contributed by atoms with Crippen LogP contribution in [0.5, 0.6) is 0 Å². The molecule has 1 heterocycles. The molecule has 1 N–H and O–H groups in total. The van der Waals surface area contributed by atoms with Crippen molar-refractivity contribution in [3.63, 3.8) is 0 Å². The molecule has 1 aromatic carbocycles. The molecule has 1 aromatic rings. The molecule has 9 heteroatoms. The Morgan fingerprint density at radius 1 is 1.25 bits per heavy atom. The summed E-state index contributed by atoms with van der Waals surface area (Å²) < 4.78 is 26.5. The number of sulfonamides is 1. The fourth-order valence-corrected chi connectivity index (χ4v) is 4.78. The highest BCUT2D eigenvalue weighted by Gasteiger charge is 2.24. The molecule has 1 aliphatic rings. The van der Waals surface area contributed by atoms with Gasteiger partial charge < -0.3 is 15.1 Å². The zero-order chi connectivity index (χ0) is 20.7. The highest BCUT2D eigenvalue weighted by Crippen LogP contribution is 2.26. The van der Waals surface area contributed by atoms with Crippen LogP contribution >= 0.6 is 11.6 Å². The number of carbonyl (C=O) groups is 1. The zero-order valence-electron chi connectivity index (χ0n) is 16.9. The maximum Gasteiger partial charge on any atom is 0.244 e. The number of nitrogens with zero attached hydrogens (tertiary/aromatic N) is 3. The second-order valence-electron chi connectivity index (χ2n) is 7.31. The Morgan fingerprint density at radius 3 is 2.61 bits per heavy atom. The second-order valence-corrected chi connectivity index (χ2v) is 9.70. The largest absolute Gasteiger partial charge is 0.356 e. The van der Waals surface area contributed by atoms with Crippen LogP contribution in [0, 0.1) is 6.92 Å². The average molecular weight is 431 g/mol. The molecular formula is C19H31ClN4O3S. The van der Waals surface area contributed by atoms with Crippen molar-refractivity contribution >= 4 is 27.5 Å². The molecule has 0 aliphatic carbocycles. The summed E-state index contributed by atoms with van der Waals surface area (Å²) in [7, 11) is -0.128. The molecule has 0 saturated carbocycles. The Hall–Kier alpha value is -1.19. The van der Waals surface area contributed by atoms with Crippen LogP contribution in [-0.2, 0) is 14.8 Å². The van der Waals surface area contributed by atoms with Crippen LogP contribution in [0.25, 0.3) is 0 Å². The normalized spacial score (nSPS) is 16.5. The fourth-order valence-electron chi connectivity index (χ4n) is 3.06. The number of carbonyl (C=O) groups excluding carboxylic acids is 1. The van der Waals surface area contributed by atoms with Crippen molar-refractivity contribution in [2.45, 2.75) is 24.7 Å². The van der Waals surface area contributed by atoms with Gasteiger partial charge in [-0.05, 0) is 38.6 Å². The number of rotatable bonds is 9. The van der Waals surface area contributed by atoms with Crippen molar-refractivity contribution in [3.05, 3.63) is 28.8 Å². The van der Waals surface area contributed by atoms with Crippen LogP contribution in [-0.4, -0.2) is 88.3 Å². The molecular weight excluding hydrogens is 400 g/mol. The van der Waals surface area contributed by atoms with Crippen LogP contribution in [0.3, 0.4) is 0 Å². The number of hydrogen-bond acceptors (Lipinski definition) is 5. The summed E-state index contributed by atoms with van der Waals surface area (Å²) in [4.78, 5) is 16.8. The van der Waals surface area contributed by atoms with Gasteiger partial charge in [-0.3, -0.25) is 4.79 Å². The summed E-state index contributed by atoms with van der Waals surface area (Å²) in [6, 6.07) is 4.91. The minimum Gasteiger partial charge on any atom is -0.356 e. The smallest absolute Gasteiger partial charge is 0.244 e. The number of nitrogens with one attached hydrogen (secondary N) is 1. The van der Waals surface area contributed by atoms with E-state index in [0.29, 0.717) is 12.1 Å². The van der Waals surface area contributed by atoms with Gasteiger partial charge in [0.05, 0.1) is 5.02 Å². The summed E-state index contributed by atoms with van der Waals surface area (Å²) in [6.45, 7) is 7.73. The topological polar surface area (TPSA) is 73.0 Å². The number of amides is 1. The molecule has 7 nitrogen and oxygen atoms in total. The van der Waals surface area contributed by atoms with Gasteiger partial charge >= 0.3 is 0 Å². The Labute approximate surface area is 173 Å². The predicted molar refractivity (Wildman–Crippen MR) is 112 cm³/mol. The third kappa shape index (κ3) is 6.42. The minimum absolute atomic E-state index is 0.0734. The predicted octanol–water partition coefficient (Wildman–Crippen LogP) is 1.41.